The van der Waals surface area contributed by atoms with Gasteiger partial charge in [-0.05, 0) is 43.3 Å². The lowest BCUT2D eigenvalue weighted by atomic mass is 10.3. The molecule has 1 N–H and O–H groups in total. The van der Waals surface area contributed by atoms with Crippen molar-refractivity contribution >= 4 is 44.8 Å². The van der Waals surface area contributed by atoms with Crippen LogP contribution >= 0.6 is 23.2 Å². The quantitative estimate of drug-likeness (QED) is 0.668. The summed E-state index contributed by atoms with van der Waals surface area (Å²) in [5.41, 5.74) is 0.422. The van der Waals surface area contributed by atoms with E-state index in [2.05, 4.69) is 5.32 Å². The van der Waals surface area contributed by atoms with Crippen LogP contribution in [-0.4, -0.2) is 45.9 Å². The zero-order valence-corrected chi connectivity index (χ0v) is 17.9. The van der Waals surface area contributed by atoms with E-state index in [1.807, 2.05) is 0 Å². The summed E-state index contributed by atoms with van der Waals surface area (Å²) in [6, 6.07) is 8.86. The summed E-state index contributed by atoms with van der Waals surface area (Å²) in [4.78, 5) is 12.2. The molecule has 10 heteroatoms. The van der Waals surface area contributed by atoms with Gasteiger partial charge in [0.15, 0.2) is 0 Å². The number of methoxy groups -OCH3 is 1. The highest BCUT2D eigenvalue weighted by Gasteiger charge is 2.24. The van der Waals surface area contributed by atoms with Gasteiger partial charge >= 0.3 is 0 Å². The van der Waals surface area contributed by atoms with Crippen molar-refractivity contribution in [1.29, 1.82) is 0 Å². The number of likely N-dealkylation sites (N-methyl/N-ethyl adjacent to an activating group) is 1. The van der Waals surface area contributed by atoms with Crippen molar-refractivity contribution in [2.24, 2.45) is 0 Å². The Kier molecular flexibility index (Phi) is 7.54. The third-order valence-corrected chi connectivity index (χ3v) is 6.10. The fourth-order valence-corrected chi connectivity index (χ4v) is 4.04. The van der Waals surface area contributed by atoms with Crippen molar-refractivity contribution in [3.05, 3.63) is 46.4 Å². The minimum absolute atomic E-state index is 0.0382. The number of hydrogen-bond donors (Lipinski definition) is 1. The first-order chi connectivity index (χ1) is 13.2. The molecular weight excluding hydrogens is 427 g/mol. The molecule has 0 aliphatic heterocycles. The fraction of sp³-hybridized carbons (Fsp3) is 0.278. The smallest absolute Gasteiger partial charge is 0.243 e. The second kappa shape index (κ2) is 9.47. The molecule has 0 unspecified atom stereocenters. The second-order valence-electron chi connectivity index (χ2n) is 5.68. The van der Waals surface area contributed by atoms with Crippen LogP contribution in [0.2, 0.25) is 10.0 Å². The lowest BCUT2D eigenvalue weighted by molar-refractivity contribution is -0.116. The van der Waals surface area contributed by atoms with Crippen molar-refractivity contribution in [3.8, 4) is 11.5 Å². The number of anilines is 1. The van der Waals surface area contributed by atoms with E-state index >= 15 is 0 Å². The Morgan fingerprint density at radius 2 is 1.75 bits per heavy atom. The van der Waals surface area contributed by atoms with Crippen LogP contribution in [0.4, 0.5) is 5.69 Å². The van der Waals surface area contributed by atoms with Gasteiger partial charge in [0.05, 0.1) is 35.2 Å². The highest BCUT2D eigenvalue weighted by atomic mass is 35.5. The number of rotatable bonds is 8. The summed E-state index contributed by atoms with van der Waals surface area (Å²) in [6.45, 7) is 1.81. The van der Waals surface area contributed by atoms with Crippen LogP contribution in [-0.2, 0) is 14.8 Å². The van der Waals surface area contributed by atoms with Crippen LogP contribution in [0.25, 0.3) is 0 Å². The maximum atomic E-state index is 12.7. The van der Waals surface area contributed by atoms with Crippen LogP contribution in [0, 0.1) is 0 Å². The van der Waals surface area contributed by atoms with Crippen LogP contribution in [0.5, 0.6) is 11.5 Å². The number of benzene rings is 2. The number of sulfonamides is 1. The zero-order valence-electron chi connectivity index (χ0n) is 15.5. The van der Waals surface area contributed by atoms with Crippen molar-refractivity contribution in [2.45, 2.75) is 11.8 Å². The topological polar surface area (TPSA) is 84.9 Å². The van der Waals surface area contributed by atoms with Gasteiger partial charge < -0.3 is 14.8 Å². The van der Waals surface area contributed by atoms with Gasteiger partial charge in [-0.15, -0.1) is 0 Å². The monoisotopic (exact) mass is 446 g/mol. The lowest BCUT2D eigenvalue weighted by Crippen LogP contribution is -2.35. The van der Waals surface area contributed by atoms with E-state index in [0.717, 1.165) is 4.31 Å². The molecule has 2 aromatic carbocycles. The summed E-state index contributed by atoms with van der Waals surface area (Å²) in [5.74, 6) is 0.330. The first-order valence-electron chi connectivity index (χ1n) is 8.21. The molecule has 0 radical (unpaired) electrons. The predicted octanol–water partition coefficient (Wildman–Crippen LogP) is 3.66. The van der Waals surface area contributed by atoms with E-state index in [1.165, 1.54) is 38.4 Å². The number of nitrogens with one attached hydrogen (secondary N) is 1. The molecule has 28 heavy (non-hydrogen) atoms. The van der Waals surface area contributed by atoms with Gasteiger partial charge in [0.25, 0.3) is 0 Å². The van der Waals surface area contributed by atoms with Gasteiger partial charge in [-0.25, -0.2) is 8.42 Å². The number of halogens is 2. The maximum absolute atomic E-state index is 12.7. The normalized spacial score (nSPS) is 11.4. The highest BCUT2D eigenvalue weighted by molar-refractivity contribution is 7.89. The summed E-state index contributed by atoms with van der Waals surface area (Å²) in [5, 5.41) is 3.09. The molecule has 0 bridgehead atoms. The predicted molar refractivity (Wildman–Crippen MR) is 109 cm³/mol. The van der Waals surface area contributed by atoms with Gasteiger partial charge in [0, 0.05) is 12.7 Å². The minimum atomic E-state index is -3.91. The molecule has 0 spiro atoms. The van der Waals surface area contributed by atoms with Crippen LogP contribution in [0.1, 0.15) is 6.92 Å². The first kappa shape index (κ1) is 22.3. The average molecular weight is 447 g/mol. The van der Waals surface area contributed by atoms with E-state index in [0.29, 0.717) is 28.8 Å². The van der Waals surface area contributed by atoms with Crippen LogP contribution in [0.15, 0.2) is 41.3 Å². The number of nitrogens with zero attached hydrogens (tertiary/aromatic N) is 1. The fourth-order valence-electron chi connectivity index (χ4n) is 2.33. The molecule has 1 amide bonds. The van der Waals surface area contributed by atoms with E-state index in [-0.39, 0.29) is 9.92 Å². The summed E-state index contributed by atoms with van der Waals surface area (Å²) >= 11 is 12.1. The lowest BCUT2D eigenvalue weighted by Gasteiger charge is -2.18. The molecule has 0 aliphatic carbocycles. The Morgan fingerprint density at radius 1 is 1.11 bits per heavy atom. The molecule has 0 fully saturated rings. The van der Waals surface area contributed by atoms with Crippen molar-refractivity contribution in [1.82, 2.24) is 4.31 Å². The third kappa shape index (κ3) is 5.29. The van der Waals surface area contributed by atoms with E-state index in [4.69, 9.17) is 32.7 Å². The summed E-state index contributed by atoms with van der Waals surface area (Å²) in [7, 11) is -1.13. The van der Waals surface area contributed by atoms with Gasteiger partial charge in [-0.2, -0.15) is 4.31 Å². The molecule has 0 heterocycles. The second-order valence-corrected chi connectivity index (χ2v) is 8.54. The van der Waals surface area contributed by atoms with E-state index in [1.54, 1.807) is 19.1 Å². The molecule has 0 atom stereocenters. The van der Waals surface area contributed by atoms with E-state index in [9.17, 15) is 13.2 Å². The summed E-state index contributed by atoms with van der Waals surface area (Å²) < 4.78 is 36.6. The standard InChI is InChI=1S/C18H20Cl2N2O5S/c1-4-27-17-8-6-13(10-15(17)20)28(24,25)22(2)11-18(23)21-12-5-7-16(26-3)14(19)9-12/h5-10H,4,11H2,1-3H3,(H,21,23). The number of amides is 1. The van der Waals surface area contributed by atoms with Crippen molar-refractivity contribution < 1.29 is 22.7 Å². The Hall–Kier alpha value is -2.00. The molecule has 152 valence electrons. The first-order valence-corrected chi connectivity index (χ1v) is 10.4. The van der Waals surface area contributed by atoms with Crippen molar-refractivity contribution in [3.63, 3.8) is 0 Å². The number of carbonyl (C=O) groups excluding carboxylic acids is 1. The Morgan fingerprint density at radius 3 is 2.32 bits per heavy atom. The van der Waals surface area contributed by atoms with Gasteiger partial charge in [-0.1, -0.05) is 23.2 Å². The molecule has 2 rings (SSSR count). The van der Waals surface area contributed by atoms with Gasteiger partial charge in [-0.3, -0.25) is 4.79 Å². The SMILES string of the molecule is CCOc1ccc(S(=O)(=O)N(C)CC(=O)Nc2ccc(OC)c(Cl)c2)cc1Cl. The Bertz CT molecular complexity index is 966. The van der Waals surface area contributed by atoms with Gasteiger partial charge in [0.2, 0.25) is 15.9 Å². The van der Waals surface area contributed by atoms with Crippen LogP contribution in [0.3, 0.4) is 0 Å². The molecule has 0 aliphatic rings. The molecular formula is C18H20Cl2N2O5S. The molecule has 7 nitrogen and oxygen atoms in total. The molecule has 0 aromatic heterocycles. The van der Waals surface area contributed by atoms with Gasteiger partial charge in [0.1, 0.15) is 11.5 Å². The molecule has 0 saturated heterocycles. The summed E-state index contributed by atoms with van der Waals surface area (Å²) in [6.07, 6.45) is 0. The Labute approximate surface area is 174 Å². The van der Waals surface area contributed by atoms with Crippen LogP contribution < -0.4 is 14.8 Å². The van der Waals surface area contributed by atoms with E-state index < -0.39 is 22.5 Å². The number of hydrogen-bond acceptors (Lipinski definition) is 5. The number of ether oxygens (including phenoxy) is 2. The largest absolute Gasteiger partial charge is 0.495 e. The Balaban J connectivity index is 2.10. The highest BCUT2D eigenvalue weighted by Crippen LogP contribution is 2.29. The maximum Gasteiger partial charge on any atom is 0.243 e. The number of carbonyl (C=O) groups is 1. The third-order valence-electron chi connectivity index (χ3n) is 3.71. The molecule has 0 saturated carbocycles. The minimum Gasteiger partial charge on any atom is -0.495 e. The zero-order chi connectivity index (χ0) is 20.9. The van der Waals surface area contributed by atoms with Crippen molar-refractivity contribution in [2.75, 3.05) is 32.6 Å². The molecule has 2 aromatic rings. The average Bonchev–Trinajstić information content (AvgIpc) is 2.63.